The Morgan fingerprint density at radius 2 is 1.95 bits per heavy atom. The van der Waals surface area contributed by atoms with Gasteiger partial charge in [-0.2, -0.15) is 0 Å². The third kappa shape index (κ3) is 3.76. The maximum Gasteiger partial charge on any atom is 0.292 e. The lowest BCUT2D eigenvalue weighted by Crippen LogP contribution is -2.08. The predicted octanol–water partition coefficient (Wildman–Crippen LogP) is 3.02. The molecule has 116 valence electrons. The molecule has 2 N–H and O–H groups in total. The molecule has 7 heteroatoms. The first-order chi connectivity index (χ1) is 10.5. The molecule has 0 aliphatic carbocycles. The molecular weight excluding hydrogens is 294 g/mol. The third-order valence-corrected chi connectivity index (χ3v) is 3.16. The van der Waals surface area contributed by atoms with Crippen LogP contribution in [0.4, 0.5) is 20.2 Å². The predicted molar refractivity (Wildman–Crippen MR) is 77.6 cm³/mol. The highest BCUT2D eigenvalue weighted by Gasteiger charge is 2.14. The number of nitrogens with one attached hydrogen (secondary N) is 1. The van der Waals surface area contributed by atoms with Gasteiger partial charge in [0.25, 0.3) is 5.69 Å². The second-order valence-corrected chi connectivity index (χ2v) is 4.68. The summed E-state index contributed by atoms with van der Waals surface area (Å²) in [5, 5.41) is 22.8. The topological polar surface area (TPSA) is 75.4 Å². The Morgan fingerprint density at radius 1 is 1.18 bits per heavy atom. The maximum absolute atomic E-state index is 13.5. The minimum Gasteiger partial charge on any atom is -0.392 e. The molecule has 0 fully saturated rings. The summed E-state index contributed by atoms with van der Waals surface area (Å²) in [5.74, 6) is -1.06. The van der Waals surface area contributed by atoms with Crippen molar-refractivity contribution in [2.45, 2.75) is 13.0 Å². The summed E-state index contributed by atoms with van der Waals surface area (Å²) >= 11 is 0. The number of anilines is 1. The summed E-state index contributed by atoms with van der Waals surface area (Å²) in [6.07, 6.45) is 0.171. The zero-order chi connectivity index (χ0) is 16.1. The van der Waals surface area contributed by atoms with Crippen LogP contribution in [0, 0.1) is 21.7 Å². The van der Waals surface area contributed by atoms with Gasteiger partial charge in [-0.3, -0.25) is 10.1 Å². The molecule has 0 bridgehead atoms. The molecule has 0 amide bonds. The Morgan fingerprint density at radius 3 is 2.64 bits per heavy atom. The van der Waals surface area contributed by atoms with Gasteiger partial charge in [-0.15, -0.1) is 0 Å². The zero-order valence-corrected chi connectivity index (χ0v) is 11.6. The molecule has 0 aromatic heterocycles. The number of hydrogen-bond donors (Lipinski definition) is 2. The lowest BCUT2D eigenvalue weighted by atomic mass is 10.1. The van der Waals surface area contributed by atoms with E-state index < -0.39 is 16.6 Å². The van der Waals surface area contributed by atoms with Crippen molar-refractivity contribution in [3.8, 4) is 0 Å². The van der Waals surface area contributed by atoms with Crippen molar-refractivity contribution in [2.24, 2.45) is 0 Å². The molecule has 0 aliphatic rings. The monoisotopic (exact) mass is 308 g/mol. The Labute approximate surface area is 125 Å². The normalized spacial score (nSPS) is 10.5. The van der Waals surface area contributed by atoms with Gasteiger partial charge in [0.2, 0.25) is 0 Å². The van der Waals surface area contributed by atoms with Gasteiger partial charge in [0.05, 0.1) is 11.5 Å². The van der Waals surface area contributed by atoms with E-state index in [9.17, 15) is 18.9 Å². The Hall–Kier alpha value is -2.54. The molecule has 5 nitrogen and oxygen atoms in total. The molecule has 0 saturated carbocycles. The minimum atomic E-state index is -0.549. The number of nitro groups is 1. The number of nitro benzene ring substituents is 1. The van der Waals surface area contributed by atoms with E-state index >= 15 is 0 Å². The Kier molecular flexibility index (Phi) is 5.00. The largest absolute Gasteiger partial charge is 0.392 e. The number of benzene rings is 2. The van der Waals surface area contributed by atoms with Gasteiger partial charge in [-0.05, 0) is 47.9 Å². The lowest BCUT2D eigenvalue weighted by molar-refractivity contribution is -0.384. The summed E-state index contributed by atoms with van der Waals surface area (Å²) in [5.41, 5.74) is 0.795. The SMILES string of the molecule is O=[N+]([O-])c1ccc(CO)cc1NCCc1cc(F)ccc1F. The van der Waals surface area contributed by atoms with Crippen molar-refractivity contribution in [1.82, 2.24) is 0 Å². The average molecular weight is 308 g/mol. The lowest BCUT2D eigenvalue weighted by Gasteiger charge is -2.09. The highest BCUT2D eigenvalue weighted by molar-refractivity contribution is 5.62. The van der Waals surface area contributed by atoms with E-state index in [0.717, 1.165) is 18.2 Å². The molecule has 2 aromatic rings. The number of hydrogen-bond acceptors (Lipinski definition) is 4. The summed E-state index contributed by atoms with van der Waals surface area (Å²) < 4.78 is 26.5. The zero-order valence-electron chi connectivity index (χ0n) is 11.6. The van der Waals surface area contributed by atoms with Crippen LogP contribution in [-0.4, -0.2) is 16.6 Å². The van der Waals surface area contributed by atoms with Crippen LogP contribution in [0.1, 0.15) is 11.1 Å². The van der Waals surface area contributed by atoms with Crippen LogP contribution in [0.5, 0.6) is 0 Å². The maximum atomic E-state index is 13.5. The molecule has 0 heterocycles. The van der Waals surface area contributed by atoms with Crippen LogP contribution in [0.25, 0.3) is 0 Å². The van der Waals surface area contributed by atoms with Gasteiger partial charge in [-0.1, -0.05) is 0 Å². The molecule has 2 rings (SSSR count). The average Bonchev–Trinajstić information content (AvgIpc) is 2.50. The first-order valence-corrected chi connectivity index (χ1v) is 6.57. The van der Waals surface area contributed by atoms with E-state index in [0.29, 0.717) is 5.56 Å². The smallest absolute Gasteiger partial charge is 0.292 e. The first-order valence-electron chi connectivity index (χ1n) is 6.57. The van der Waals surface area contributed by atoms with Gasteiger partial charge in [0.1, 0.15) is 17.3 Å². The van der Waals surface area contributed by atoms with Crippen LogP contribution >= 0.6 is 0 Å². The number of rotatable bonds is 6. The van der Waals surface area contributed by atoms with Gasteiger partial charge in [0.15, 0.2) is 0 Å². The molecule has 0 unspecified atom stereocenters. The summed E-state index contributed by atoms with van der Waals surface area (Å²) in [4.78, 5) is 10.4. The highest BCUT2D eigenvalue weighted by atomic mass is 19.1. The minimum absolute atomic E-state index is 0.142. The molecule has 0 aliphatic heterocycles. The van der Waals surface area contributed by atoms with E-state index in [-0.39, 0.29) is 36.5 Å². The number of nitrogens with zero attached hydrogens (tertiary/aromatic N) is 1. The molecule has 0 atom stereocenters. The van der Waals surface area contributed by atoms with Crippen LogP contribution in [0.2, 0.25) is 0 Å². The fourth-order valence-corrected chi connectivity index (χ4v) is 2.05. The van der Waals surface area contributed by atoms with Crippen LogP contribution in [0.3, 0.4) is 0 Å². The summed E-state index contributed by atoms with van der Waals surface area (Å²) in [6, 6.07) is 7.36. The van der Waals surface area contributed by atoms with Crippen molar-refractivity contribution in [3.05, 3.63) is 69.3 Å². The van der Waals surface area contributed by atoms with Crippen molar-refractivity contribution >= 4 is 11.4 Å². The third-order valence-electron chi connectivity index (χ3n) is 3.16. The Bertz CT molecular complexity index is 692. The number of aliphatic hydroxyl groups excluding tert-OH is 1. The van der Waals surface area contributed by atoms with Gasteiger partial charge >= 0.3 is 0 Å². The fourth-order valence-electron chi connectivity index (χ4n) is 2.05. The summed E-state index contributed by atoms with van der Waals surface area (Å²) in [7, 11) is 0. The van der Waals surface area contributed by atoms with Crippen molar-refractivity contribution < 1.29 is 18.8 Å². The van der Waals surface area contributed by atoms with E-state index in [4.69, 9.17) is 5.11 Å². The van der Waals surface area contributed by atoms with Crippen LogP contribution < -0.4 is 5.32 Å². The van der Waals surface area contributed by atoms with Gasteiger partial charge < -0.3 is 10.4 Å². The molecular formula is C15H14F2N2O3. The molecule has 0 saturated heterocycles. The quantitative estimate of drug-likeness (QED) is 0.635. The number of halogens is 2. The first kappa shape index (κ1) is 15.8. The van der Waals surface area contributed by atoms with E-state index in [1.54, 1.807) is 0 Å². The molecule has 0 radical (unpaired) electrons. The van der Waals surface area contributed by atoms with E-state index in [1.165, 1.54) is 18.2 Å². The van der Waals surface area contributed by atoms with Crippen molar-refractivity contribution in [2.75, 3.05) is 11.9 Å². The van der Waals surface area contributed by atoms with Gasteiger partial charge in [0, 0.05) is 12.6 Å². The standard InChI is InChI=1S/C15H14F2N2O3/c16-12-2-3-13(17)11(8-12)5-6-18-14-7-10(9-20)1-4-15(14)19(21)22/h1-4,7-8,18,20H,5-6,9H2. The second kappa shape index (κ2) is 6.95. The number of aliphatic hydroxyl groups is 1. The van der Waals surface area contributed by atoms with Crippen molar-refractivity contribution in [1.29, 1.82) is 0 Å². The fraction of sp³-hybridized carbons (Fsp3) is 0.200. The molecule has 2 aromatic carbocycles. The molecule has 0 spiro atoms. The van der Waals surface area contributed by atoms with Gasteiger partial charge in [-0.25, -0.2) is 8.78 Å². The Balaban J connectivity index is 2.10. The second-order valence-electron chi connectivity index (χ2n) is 4.68. The van der Waals surface area contributed by atoms with E-state index in [2.05, 4.69) is 5.32 Å². The van der Waals surface area contributed by atoms with Crippen LogP contribution in [0.15, 0.2) is 36.4 Å². The summed E-state index contributed by atoms with van der Waals surface area (Å²) in [6.45, 7) is -0.0543. The van der Waals surface area contributed by atoms with Crippen LogP contribution in [-0.2, 0) is 13.0 Å². The highest BCUT2D eigenvalue weighted by Crippen LogP contribution is 2.25. The molecule has 22 heavy (non-hydrogen) atoms. The van der Waals surface area contributed by atoms with Crippen molar-refractivity contribution in [3.63, 3.8) is 0 Å². The van der Waals surface area contributed by atoms with E-state index in [1.807, 2.05) is 0 Å².